The minimum absolute atomic E-state index is 0.0255. The number of piperidine rings is 1. The number of likely N-dealkylation sites (tertiary alicyclic amines) is 1. The minimum Gasteiger partial charge on any atom is -0.493 e. The van der Waals surface area contributed by atoms with Gasteiger partial charge < -0.3 is 19.7 Å². The van der Waals surface area contributed by atoms with E-state index in [1.165, 1.54) is 12.4 Å². The summed E-state index contributed by atoms with van der Waals surface area (Å²) < 4.78 is 11.8. The second-order valence-electron chi connectivity index (χ2n) is 7.69. The lowest BCUT2D eigenvalue weighted by molar-refractivity contribution is -0.127. The van der Waals surface area contributed by atoms with Crippen molar-refractivity contribution < 1.29 is 14.3 Å². The summed E-state index contributed by atoms with van der Waals surface area (Å²) in [6.07, 6.45) is 4.29. The standard InChI is InChI=1S/C24H24Cl2N4O3/c1-3-23(31)30-8-6-16(7-9-30)33-22-11-17-20(12-21(22)32-2)28-14-29-24(17)27-13-15-4-5-18(25)19(26)10-15/h3-5,10-12,14,16H,1,6-9,13H2,2H3,(H,27,28,29). The zero-order valence-electron chi connectivity index (χ0n) is 18.2. The molecule has 3 aromatic rings. The van der Waals surface area contributed by atoms with Gasteiger partial charge in [0.2, 0.25) is 5.91 Å². The highest BCUT2D eigenvalue weighted by Crippen LogP contribution is 2.35. The topological polar surface area (TPSA) is 76.6 Å². The average Bonchev–Trinajstić information content (AvgIpc) is 2.84. The van der Waals surface area contributed by atoms with Crippen LogP contribution in [-0.2, 0) is 11.3 Å². The summed E-state index contributed by atoms with van der Waals surface area (Å²) in [6.45, 7) is 5.33. The number of rotatable bonds is 7. The third-order valence-corrected chi connectivity index (χ3v) is 6.33. The molecule has 172 valence electrons. The Labute approximate surface area is 202 Å². The molecule has 4 rings (SSSR count). The summed E-state index contributed by atoms with van der Waals surface area (Å²) in [7, 11) is 1.60. The fraction of sp³-hybridized carbons (Fsp3) is 0.292. The molecule has 1 aromatic heterocycles. The zero-order valence-corrected chi connectivity index (χ0v) is 19.7. The lowest BCUT2D eigenvalue weighted by Crippen LogP contribution is -2.41. The van der Waals surface area contributed by atoms with Gasteiger partial charge in [0.1, 0.15) is 18.2 Å². The molecule has 0 aliphatic carbocycles. The Kier molecular flexibility index (Phi) is 7.20. The summed E-state index contributed by atoms with van der Waals surface area (Å²) >= 11 is 12.1. The van der Waals surface area contributed by atoms with Gasteiger partial charge in [-0.2, -0.15) is 0 Å². The number of methoxy groups -OCH3 is 1. The Balaban J connectivity index is 1.54. The average molecular weight is 487 g/mol. The van der Waals surface area contributed by atoms with E-state index in [1.807, 2.05) is 24.3 Å². The summed E-state index contributed by atoms with van der Waals surface area (Å²) in [4.78, 5) is 22.4. The molecule has 1 N–H and O–H groups in total. The summed E-state index contributed by atoms with van der Waals surface area (Å²) in [5.41, 5.74) is 1.71. The van der Waals surface area contributed by atoms with E-state index in [9.17, 15) is 4.79 Å². The first-order valence-corrected chi connectivity index (χ1v) is 11.3. The van der Waals surface area contributed by atoms with Crippen molar-refractivity contribution in [2.45, 2.75) is 25.5 Å². The fourth-order valence-corrected chi connectivity index (χ4v) is 4.12. The molecule has 9 heteroatoms. The summed E-state index contributed by atoms with van der Waals surface area (Å²) in [5.74, 6) is 1.84. The van der Waals surface area contributed by atoms with Gasteiger partial charge in [0.15, 0.2) is 11.5 Å². The molecular formula is C24H24Cl2N4O3. The first-order valence-electron chi connectivity index (χ1n) is 10.6. The molecular weight excluding hydrogens is 463 g/mol. The monoisotopic (exact) mass is 486 g/mol. The fourth-order valence-electron chi connectivity index (χ4n) is 3.79. The molecule has 0 saturated carbocycles. The third kappa shape index (κ3) is 5.31. The zero-order chi connectivity index (χ0) is 23.4. The van der Waals surface area contributed by atoms with E-state index in [1.54, 1.807) is 18.1 Å². The molecule has 0 unspecified atom stereocenters. The summed E-state index contributed by atoms with van der Waals surface area (Å²) in [5, 5.41) is 5.17. The molecule has 7 nitrogen and oxygen atoms in total. The van der Waals surface area contributed by atoms with Crippen LogP contribution < -0.4 is 14.8 Å². The van der Waals surface area contributed by atoms with Crippen LogP contribution in [0.1, 0.15) is 18.4 Å². The van der Waals surface area contributed by atoms with E-state index in [4.69, 9.17) is 32.7 Å². The van der Waals surface area contributed by atoms with Crippen molar-refractivity contribution in [2.24, 2.45) is 0 Å². The first-order chi connectivity index (χ1) is 16.0. The quantitative estimate of drug-likeness (QED) is 0.467. The van der Waals surface area contributed by atoms with E-state index >= 15 is 0 Å². The Morgan fingerprint density at radius 3 is 2.67 bits per heavy atom. The molecule has 1 aliphatic heterocycles. The number of aromatic nitrogens is 2. The van der Waals surface area contributed by atoms with E-state index < -0.39 is 0 Å². The number of anilines is 1. The maximum Gasteiger partial charge on any atom is 0.245 e. The van der Waals surface area contributed by atoms with Crippen molar-refractivity contribution in [2.75, 3.05) is 25.5 Å². The normalized spacial score (nSPS) is 14.2. The van der Waals surface area contributed by atoms with Crippen LogP contribution in [0.4, 0.5) is 5.82 Å². The lowest BCUT2D eigenvalue weighted by Gasteiger charge is -2.31. The molecule has 0 bridgehead atoms. The molecule has 1 fully saturated rings. The van der Waals surface area contributed by atoms with Crippen molar-refractivity contribution in [3.05, 3.63) is 64.9 Å². The second kappa shape index (κ2) is 10.3. The van der Waals surface area contributed by atoms with Crippen LogP contribution in [0.2, 0.25) is 10.0 Å². The SMILES string of the molecule is C=CC(=O)N1CCC(Oc2cc3c(NCc4ccc(Cl)c(Cl)c4)ncnc3cc2OC)CC1. The van der Waals surface area contributed by atoms with Gasteiger partial charge in [0, 0.05) is 43.9 Å². The van der Waals surface area contributed by atoms with Gasteiger partial charge in [-0.1, -0.05) is 35.8 Å². The van der Waals surface area contributed by atoms with Gasteiger partial charge >= 0.3 is 0 Å². The minimum atomic E-state index is -0.0495. The van der Waals surface area contributed by atoms with Crippen molar-refractivity contribution in [3.8, 4) is 11.5 Å². The predicted octanol–water partition coefficient (Wildman–Crippen LogP) is 5.11. The molecule has 0 atom stereocenters. The number of hydrogen-bond acceptors (Lipinski definition) is 6. The molecule has 0 spiro atoms. The van der Waals surface area contributed by atoms with E-state index in [2.05, 4.69) is 21.9 Å². The van der Waals surface area contributed by atoms with Gasteiger partial charge in [0.25, 0.3) is 0 Å². The second-order valence-corrected chi connectivity index (χ2v) is 8.51. The van der Waals surface area contributed by atoms with Crippen LogP contribution in [-0.4, -0.2) is 47.1 Å². The molecule has 2 aromatic carbocycles. The smallest absolute Gasteiger partial charge is 0.245 e. The van der Waals surface area contributed by atoms with Crippen molar-refractivity contribution >= 4 is 45.8 Å². The molecule has 33 heavy (non-hydrogen) atoms. The Hall–Kier alpha value is -3.03. The molecule has 1 saturated heterocycles. The lowest BCUT2D eigenvalue weighted by atomic mass is 10.1. The number of carbonyl (C=O) groups excluding carboxylic acids is 1. The van der Waals surface area contributed by atoms with Gasteiger partial charge in [-0.3, -0.25) is 4.79 Å². The van der Waals surface area contributed by atoms with E-state index in [0.29, 0.717) is 47.0 Å². The van der Waals surface area contributed by atoms with Crippen LogP contribution in [0, 0.1) is 0 Å². The number of hydrogen-bond donors (Lipinski definition) is 1. The van der Waals surface area contributed by atoms with Gasteiger partial charge in [-0.15, -0.1) is 0 Å². The number of fused-ring (bicyclic) bond motifs is 1. The Morgan fingerprint density at radius 1 is 1.18 bits per heavy atom. The predicted molar refractivity (Wildman–Crippen MR) is 130 cm³/mol. The highest BCUT2D eigenvalue weighted by Gasteiger charge is 2.24. The maximum atomic E-state index is 11.8. The van der Waals surface area contributed by atoms with Crippen LogP contribution >= 0.6 is 23.2 Å². The number of nitrogens with one attached hydrogen (secondary N) is 1. The van der Waals surface area contributed by atoms with Crippen molar-refractivity contribution in [1.82, 2.24) is 14.9 Å². The molecule has 1 amide bonds. The van der Waals surface area contributed by atoms with E-state index in [0.717, 1.165) is 29.3 Å². The number of halogens is 2. The number of ether oxygens (including phenoxy) is 2. The van der Waals surface area contributed by atoms with Crippen LogP contribution in [0.5, 0.6) is 11.5 Å². The third-order valence-electron chi connectivity index (χ3n) is 5.59. The Bertz CT molecular complexity index is 1180. The van der Waals surface area contributed by atoms with Gasteiger partial charge in [-0.05, 0) is 29.8 Å². The first kappa shape index (κ1) is 23.1. The molecule has 1 aliphatic rings. The number of nitrogens with zero attached hydrogens (tertiary/aromatic N) is 3. The highest BCUT2D eigenvalue weighted by molar-refractivity contribution is 6.42. The number of benzene rings is 2. The van der Waals surface area contributed by atoms with Crippen molar-refractivity contribution in [1.29, 1.82) is 0 Å². The van der Waals surface area contributed by atoms with Crippen LogP contribution in [0.15, 0.2) is 49.3 Å². The van der Waals surface area contributed by atoms with E-state index in [-0.39, 0.29) is 12.0 Å². The van der Waals surface area contributed by atoms with Gasteiger partial charge in [-0.25, -0.2) is 9.97 Å². The number of amides is 1. The van der Waals surface area contributed by atoms with Crippen LogP contribution in [0.3, 0.4) is 0 Å². The maximum absolute atomic E-state index is 11.8. The molecule has 2 heterocycles. The largest absolute Gasteiger partial charge is 0.493 e. The summed E-state index contributed by atoms with van der Waals surface area (Å²) in [6, 6.07) is 9.23. The highest BCUT2D eigenvalue weighted by atomic mass is 35.5. The van der Waals surface area contributed by atoms with Gasteiger partial charge in [0.05, 0.1) is 22.7 Å². The number of carbonyl (C=O) groups is 1. The molecule has 0 radical (unpaired) electrons. The van der Waals surface area contributed by atoms with Crippen molar-refractivity contribution in [3.63, 3.8) is 0 Å². The Morgan fingerprint density at radius 2 is 1.97 bits per heavy atom. The van der Waals surface area contributed by atoms with Crippen LogP contribution in [0.25, 0.3) is 10.9 Å².